The second kappa shape index (κ2) is 6.78. The predicted molar refractivity (Wildman–Crippen MR) is 63.6 cm³/mol. The molecule has 1 aromatic rings. The molecule has 0 bridgehead atoms. The zero-order valence-electron chi connectivity index (χ0n) is 10.6. The first-order valence-electron chi connectivity index (χ1n) is 5.97. The van der Waals surface area contributed by atoms with Gasteiger partial charge in [0.2, 0.25) is 0 Å². The molecular formula is C12H17N2O3Y-. The van der Waals surface area contributed by atoms with Crippen molar-refractivity contribution in [2.45, 2.75) is 39.0 Å². The number of aromatic amines is 1. The molecule has 1 saturated heterocycles. The minimum atomic E-state index is -0.426. The SMILES string of the molecule is CCC1[CH-][C@H](n2ccc(=O)[nH]c2=O)O[C@@H]1CC.[Y]. The molecule has 1 N–H and O–H groups in total. The second-order valence-electron chi connectivity index (χ2n) is 4.26. The van der Waals surface area contributed by atoms with E-state index in [1.807, 2.05) is 6.42 Å². The Morgan fingerprint density at radius 3 is 2.61 bits per heavy atom. The molecule has 0 amide bonds. The first kappa shape index (κ1) is 15.8. The van der Waals surface area contributed by atoms with Gasteiger partial charge in [-0.25, -0.2) is 4.79 Å². The first-order chi connectivity index (χ1) is 8.15. The fourth-order valence-electron chi connectivity index (χ4n) is 2.24. The van der Waals surface area contributed by atoms with E-state index in [4.69, 9.17) is 4.74 Å². The van der Waals surface area contributed by atoms with Gasteiger partial charge >= 0.3 is 5.69 Å². The molecule has 97 valence electrons. The van der Waals surface area contributed by atoms with Gasteiger partial charge in [-0.2, -0.15) is 0 Å². The third kappa shape index (κ3) is 3.19. The standard InChI is InChI=1S/C12H17N2O3.Y/c1-3-8-7-11(17-9(8)4-2)14-6-5-10(15)13-12(14)16;/h5-9,11H,3-4H2,1-2H3,(H,13,15,16);/q-1;/t8?,9-,11-;/m1./s1. The minimum absolute atomic E-state index is 0. The van der Waals surface area contributed by atoms with Gasteiger partial charge in [0.05, 0.1) is 0 Å². The summed E-state index contributed by atoms with van der Waals surface area (Å²) >= 11 is 0. The molecule has 18 heavy (non-hydrogen) atoms. The molecule has 1 unspecified atom stereocenters. The zero-order chi connectivity index (χ0) is 12.4. The van der Waals surface area contributed by atoms with Crippen LogP contribution in [0.1, 0.15) is 32.9 Å². The molecule has 3 atom stereocenters. The molecule has 1 aliphatic heterocycles. The quantitative estimate of drug-likeness (QED) is 0.845. The Kier molecular flexibility index (Phi) is 5.95. The summed E-state index contributed by atoms with van der Waals surface area (Å²) in [6.45, 7) is 4.17. The number of nitrogens with one attached hydrogen (secondary N) is 1. The molecule has 0 saturated carbocycles. The van der Waals surface area contributed by atoms with Crippen LogP contribution in [0.25, 0.3) is 0 Å². The van der Waals surface area contributed by atoms with Crippen LogP contribution in [0.4, 0.5) is 0 Å². The number of rotatable bonds is 3. The second-order valence-corrected chi connectivity index (χ2v) is 4.26. The van der Waals surface area contributed by atoms with Crippen molar-refractivity contribution in [3.8, 4) is 0 Å². The predicted octanol–water partition coefficient (Wildman–Crippen LogP) is 1.07. The molecule has 6 heteroatoms. The maximum atomic E-state index is 11.6. The summed E-state index contributed by atoms with van der Waals surface area (Å²) in [5.74, 6) is 0.365. The number of hydrogen-bond acceptors (Lipinski definition) is 3. The summed E-state index contributed by atoms with van der Waals surface area (Å²) in [6.07, 6.45) is 5.22. The zero-order valence-corrected chi connectivity index (χ0v) is 13.5. The molecule has 0 aromatic carbocycles. The van der Waals surface area contributed by atoms with Crippen LogP contribution in [-0.2, 0) is 37.4 Å². The summed E-state index contributed by atoms with van der Waals surface area (Å²) in [5, 5.41) is 0. The third-order valence-corrected chi connectivity index (χ3v) is 3.20. The van der Waals surface area contributed by atoms with Crippen LogP contribution >= 0.6 is 0 Å². The van der Waals surface area contributed by atoms with E-state index in [1.54, 1.807) is 0 Å². The van der Waals surface area contributed by atoms with E-state index in [-0.39, 0.29) is 50.6 Å². The molecule has 2 heterocycles. The van der Waals surface area contributed by atoms with Crippen molar-refractivity contribution >= 4 is 0 Å². The summed E-state index contributed by atoms with van der Waals surface area (Å²) in [4.78, 5) is 24.8. The van der Waals surface area contributed by atoms with Crippen molar-refractivity contribution in [2.75, 3.05) is 0 Å². The van der Waals surface area contributed by atoms with Crippen molar-refractivity contribution in [1.29, 1.82) is 0 Å². The van der Waals surface area contributed by atoms with Crippen LogP contribution < -0.4 is 11.2 Å². The van der Waals surface area contributed by atoms with Crippen LogP contribution in [0.2, 0.25) is 0 Å². The van der Waals surface area contributed by atoms with Crippen molar-refractivity contribution in [1.82, 2.24) is 9.55 Å². The average Bonchev–Trinajstić information content (AvgIpc) is 2.72. The molecule has 1 fully saturated rings. The van der Waals surface area contributed by atoms with Gasteiger partial charge in [0, 0.05) is 57.3 Å². The summed E-state index contributed by atoms with van der Waals surface area (Å²) < 4.78 is 7.22. The van der Waals surface area contributed by atoms with Gasteiger partial charge in [0.1, 0.15) is 0 Å². The molecular weight excluding hydrogens is 309 g/mol. The fraction of sp³-hybridized carbons (Fsp3) is 0.583. The van der Waals surface area contributed by atoms with Gasteiger partial charge in [-0.15, -0.1) is 5.92 Å². The summed E-state index contributed by atoms with van der Waals surface area (Å²) in [5.41, 5.74) is -0.811. The van der Waals surface area contributed by atoms with Crippen molar-refractivity contribution in [2.24, 2.45) is 5.92 Å². The van der Waals surface area contributed by atoms with Gasteiger partial charge in [0.25, 0.3) is 5.56 Å². The summed E-state index contributed by atoms with van der Waals surface area (Å²) in [7, 11) is 0. The van der Waals surface area contributed by atoms with E-state index in [9.17, 15) is 9.59 Å². The molecule has 0 aliphatic carbocycles. The van der Waals surface area contributed by atoms with Gasteiger partial charge in [-0.3, -0.25) is 16.2 Å². The third-order valence-electron chi connectivity index (χ3n) is 3.20. The monoisotopic (exact) mass is 326 g/mol. The molecule has 1 radical (unpaired) electrons. The Bertz CT molecular complexity index is 485. The van der Waals surface area contributed by atoms with E-state index in [1.165, 1.54) is 16.8 Å². The molecule has 2 rings (SSSR count). The average molecular weight is 326 g/mol. The first-order valence-corrected chi connectivity index (χ1v) is 5.97. The smallest absolute Gasteiger partial charge is 0.328 e. The van der Waals surface area contributed by atoms with E-state index in [0.29, 0.717) is 5.92 Å². The maximum absolute atomic E-state index is 11.6. The largest absolute Gasteiger partial charge is 0.389 e. The minimum Gasteiger partial charge on any atom is -0.389 e. The van der Waals surface area contributed by atoms with Crippen molar-refractivity contribution in [3.05, 3.63) is 39.5 Å². The Labute approximate surface area is 131 Å². The number of ether oxygens (including phenoxy) is 1. The van der Waals surface area contributed by atoms with E-state index in [2.05, 4.69) is 18.8 Å². The van der Waals surface area contributed by atoms with E-state index < -0.39 is 5.69 Å². The van der Waals surface area contributed by atoms with Gasteiger partial charge < -0.3 is 9.30 Å². The van der Waals surface area contributed by atoms with Gasteiger partial charge in [0.15, 0.2) is 0 Å². The Balaban J connectivity index is 0.00000162. The van der Waals surface area contributed by atoms with E-state index >= 15 is 0 Å². The van der Waals surface area contributed by atoms with E-state index in [0.717, 1.165) is 12.8 Å². The van der Waals surface area contributed by atoms with Crippen LogP contribution in [0.5, 0.6) is 0 Å². The van der Waals surface area contributed by atoms with Crippen LogP contribution in [0.3, 0.4) is 0 Å². The Morgan fingerprint density at radius 2 is 2.11 bits per heavy atom. The molecule has 5 nitrogen and oxygen atoms in total. The molecule has 1 aromatic heterocycles. The van der Waals surface area contributed by atoms with Gasteiger partial charge in [-0.05, 0) is 6.42 Å². The maximum Gasteiger partial charge on any atom is 0.328 e. The van der Waals surface area contributed by atoms with Gasteiger partial charge in [-0.1, -0.05) is 20.3 Å². The molecule has 1 aliphatic rings. The van der Waals surface area contributed by atoms with Crippen molar-refractivity contribution in [3.63, 3.8) is 0 Å². The van der Waals surface area contributed by atoms with Crippen LogP contribution in [0, 0.1) is 12.3 Å². The normalized spacial score (nSPS) is 26.9. The van der Waals surface area contributed by atoms with Crippen LogP contribution in [-0.4, -0.2) is 15.7 Å². The van der Waals surface area contributed by atoms with Crippen molar-refractivity contribution < 1.29 is 37.4 Å². The molecule has 0 spiro atoms. The topological polar surface area (TPSA) is 64.1 Å². The number of nitrogens with zero attached hydrogens (tertiary/aromatic N) is 1. The van der Waals surface area contributed by atoms with Crippen LogP contribution in [0.15, 0.2) is 21.9 Å². The fourth-order valence-corrected chi connectivity index (χ4v) is 2.24. The number of aromatic nitrogens is 2. The number of hydrogen-bond donors (Lipinski definition) is 1. The number of H-pyrrole nitrogens is 1. The Hall–Kier alpha value is -0.256. The Morgan fingerprint density at radius 1 is 1.39 bits per heavy atom. The summed E-state index contributed by atoms with van der Waals surface area (Å²) in [6, 6.07) is 1.33.